The lowest BCUT2D eigenvalue weighted by Crippen LogP contribution is -2.17. The Kier molecular flexibility index (Phi) is 2.20. The zero-order chi connectivity index (χ0) is 10.2. The van der Waals surface area contributed by atoms with Gasteiger partial charge in [-0.05, 0) is 23.8 Å². The van der Waals surface area contributed by atoms with E-state index < -0.39 is 9.84 Å². The molecule has 1 aromatic rings. The maximum Gasteiger partial charge on any atom is 0.179 e. The lowest BCUT2D eigenvalue weighted by molar-refractivity contribution is 0.595. The van der Waals surface area contributed by atoms with E-state index in [0.29, 0.717) is 23.7 Å². The first-order valence-electron chi connectivity index (χ1n) is 4.41. The Labute approximate surface area is 83.0 Å². The molecule has 0 spiro atoms. The van der Waals surface area contributed by atoms with Crippen LogP contribution in [0, 0.1) is 0 Å². The lowest BCUT2D eigenvalue weighted by atomic mass is 10.2. The molecule has 3 N–H and O–H groups in total. The van der Waals surface area contributed by atoms with E-state index in [1.807, 2.05) is 0 Å². The Morgan fingerprint density at radius 3 is 2.93 bits per heavy atom. The molecule has 0 unspecified atom stereocenters. The quantitative estimate of drug-likeness (QED) is 0.600. The number of rotatable bonds is 0. The van der Waals surface area contributed by atoms with E-state index in [1.54, 1.807) is 18.2 Å². The van der Waals surface area contributed by atoms with Gasteiger partial charge in [0, 0.05) is 18.8 Å². The number of hydrogen-bond donors (Lipinski definition) is 2. The fourth-order valence-corrected chi connectivity index (χ4v) is 3.02. The van der Waals surface area contributed by atoms with Crippen molar-refractivity contribution in [1.82, 2.24) is 5.32 Å². The molecular formula is C9H12N2O2S. The Balaban J connectivity index is 2.62. The number of nitrogen functional groups attached to an aromatic ring is 1. The molecule has 0 amide bonds. The third-order valence-electron chi connectivity index (χ3n) is 2.28. The molecule has 0 saturated heterocycles. The smallest absolute Gasteiger partial charge is 0.179 e. The molecule has 76 valence electrons. The maximum atomic E-state index is 11.7. The summed E-state index contributed by atoms with van der Waals surface area (Å²) in [4.78, 5) is 0.414. The minimum Gasteiger partial charge on any atom is -0.399 e. The van der Waals surface area contributed by atoms with E-state index in [2.05, 4.69) is 5.32 Å². The van der Waals surface area contributed by atoms with Crippen LogP contribution in [0.15, 0.2) is 23.1 Å². The fraction of sp³-hybridized carbons (Fsp3) is 0.333. The van der Waals surface area contributed by atoms with Gasteiger partial charge in [0.15, 0.2) is 9.84 Å². The average molecular weight is 212 g/mol. The van der Waals surface area contributed by atoms with Crippen molar-refractivity contribution in [3.63, 3.8) is 0 Å². The van der Waals surface area contributed by atoms with E-state index in [-0.39, 0.29) is 5.75 Å². The second-order valence-corrected chi connectivity index (χ2v) is 5.44. The standard InChI is InChI=1S/C9H12N2O2S/c10-8-1-2-9-7(5-8)6-11-3-4-14(9,12)13/h1-2,5,11H,3-4,6,10H2. The van der Waals surface area contributed by atoms with Crippen LogP contribution in [0.5, 0.6) is 0 Å². The number of hydrogen-bond acceptors (Lipinski definition) is 4. The highest BCUT2D eigenvalue weighted by Crippen LogP contribution is 2.21. The summed E-state index contributed by atoms with van der Waals surface area (Å²) in [5.41, 5.74) is 6.96. The molecule has 0 fully saturated rings. The van der Waals surface area contributed by atoms with Crippen molar-refractivity contribution >= 4 is 15.5 Å². The largest absolute Gasteiger partial charge is 0.399 e. The van der Waals surface area contributed by atoms with Crippen LogP contribution in [0.25, 0.3) is 0 Å². The van der Waals surface area contributed by atoms with Crippen LogP contribution in [0.3, 0.4) is 0 Å². The highest BCUT2D eigenvalue weighted by atomic mass is 32.2. The van der Waals surface area contributed by atoms with E-state index >= 15 is 0 Å². The molecule has 1 aliphatic rings. The van der Waals surface area contributed by atoms with Crippen LogP contribution < -0.4 is 11.1 Å². The monoisotopic (exact) mass is 212 g/mol. The van der Waals surface area contributed by atoms with Gasteiger partial charge in [-0.3, -0.25) is 0 Å². The summed E-state index contributed by atoms with van der Waals surface area (Å²) in [7, 11) is -3.11. The van der Waals surface area contributed by atoms with Gasteiger partial charge < -0.3 is 11.1 Å². The van der Waals surface area contributed by atoms with Gasteiger partial charge in [0.2, 0.25) is 0 Å². The highest BCUT2D eigenvalue weighted by molar-refractivity contribution is 7.91. The van der Waals surface area contributed by atoms with Crippen LogP contribution in [0.4, 0.5) is 5.69 Å². The third kappa shape index (κ3) is 1.60. The third-order valence-corrected chi connectivity index (χ3v) is 4.09. The summed E-state index contributed by atoms with van der Waals surface area (Å²) in [6.45, 7) is 1.07. The van der Waals surface area contributed by atoms with Crippen LogP contribution in [0.1, 0.15) is 5.56 Å². The van der Waals surface area contributed by atoms with E-state index in [9.17, 15) is 8.42 Å². The Morgan fingerprint density at radius 2 is 2.14 bits per heavy atom. The second kappa shape index (κ2) is 3.25. The van der Waals surface area contributed by atoms with E-state index in [4.69, 9.17) is 5.73 Å². The lowest BCUT2D eigenvalue weighted by Gasteiger charge is -2.05. The maximum absolute atomic E-state index is 11.7. The van der Waals surface area contributed by atoms with Gasteiger partial charge in [-0.15, -0.1) is 0 Å². The molecule has 1 aromatic carbocycles. The number of nitrogens with two attached hydrogens (primary N) is 1. The molecular weight excluding hydrogens is 200 g/mol. The Bertz CT molecular complexity index is 454. The van der Waals surface area contributed by atoms with Gasteiger partial charge in [0.1, 0.15) is 0 Å². The van der Waals surface area contributed by atoms with E-state index in [0.717, 1.165) is 5.56 Å². The number of nitrogens with one attached hydrogen (secondary N) is 1. The number of benzene rings is 1. The predicted octanol–water partition coefficient (Wildman–Crippen LogP) is 0.146. The average Bonchev–Trinajstić information content (AvgIpc) is 2.25. The zero-order valence-corrected chi connectivity index (χ0v) is 8.47. The van der Waals surface area contributed by atoms with Crippen LogP contribution in [-0.4, -0.2) is 20.7 Å². The molecule has 4 nitrogen and oxygen atoms in total. The molecule has 2 rings (SSSR count). The topological polar surface area (TPSA) is 72.2 Å². The van der Waals surface area contributed by atoms with Gasteiger partial charge in [-0.25, -0.2) is 8.42 Å². The molecule has 14 heavy (non-hydrogen) atoms. The molecule has 0 radical (unpaired) electrons. The first kappa shape index (κ1) is 9.48. The molecule has 1 aliphatic heterocycles. The van der Waals surface area contributed by atoms with Crippen molar-refractivity contribution in [3.8, 4) is 0 Å². The fourth-order valence-electron chi connectivity index (χ4n) is 1.58. The molecule has 0 atom stereocenters. The molecule has 5 heteroatoms. The molecule has 1 heterocycles. The van der Waals surface area contributed by atoms with Gasteiger partial charge in [0.25, 0.3) is 0 Å². The first-order chi connectivity index (χ1) is 6.59. The van der Waals surface area contributed by atoms with Crippen molar-refractivity contribution in [2.24, 2.45) is 0 Å². The number of sulfone groups is 1. The summed E-state index contributed by atoms with van der Waals surface area (Å²) in [6.07, 6.45) is 0. The first-order valence-corrected chi connectivity index (χ1v) is 6.07. The summed E-state index contributed by atoms with van der Waals surface area (Å²) in [5, 5.41) is 3.05. The normalized spacial score (nSPS) is 19.7. The molecule has 0 saturated carbocycles. The molecule has 0 aliphatic carbocycles. The molecule has 0 bridgehead atoms. The molecule has 0 aromatic heterocycles. The summed E-state index contributed by atoms with van der Waals surface area (Å²) >= 11 is 0. The summed E-state index contributed by atoms with van der Waals surface area (Å²) in [5.74, 6) is 0.157. The summed E-state index contributed by atoms with van der Waals surface area (Å²) in [6, 6.07) is 4.93. The van der Waals surface area contributed by atoms with Gasteiger partial charge in [-0.1, -0.05) is 0 Å². The zero-order valence-electron chi connectivity index (χ0n) is 7.66. The highest BCUT2D eigenvalue weighted by Gasteiger charge is 2.20. The SMILES string of the molecule is Nc1ccc2c(c1)CNCCS2(=O)=O. The van der Waals surface area contributed by atoms with Gasteiger partial charge in [0.05, 0.1) is 10.6 Å². The number of fused-ring (bicyclic) bond motifs is 1. The Hall–Kier alpha value is -1.07. The van der Waals surface area contributed by atoms with Crippen molar-refractivity contribution in [3.05, 3.63) is 23.8 Å². The van der Waals surface area contributed by atoms with Crippen molar-refractivity contribution in [2.75, 3.05) is 18.0 Å². The van der Waals surface area contributed by atoms with Crippen LogP contribution in [0.2, 0.25) is 0 Å². The van der Waals surface area contributed by atoms with Crippen molar-refractivity contribution in [1.29, 1.82) is 0 Å². The minimum atomic E-state index is -3.11. The minimum absolute atomic E-state index is 0.157. The van der Waals surface area contributed by atoms with Gasteiger partial charge in [-0.2, -0.15) is 0 Å². The van der Waals surface area contributed by atoms with E-state index in [1.165, 1.54) is 0 Å². The predicted molar refractivity (Wildman–Crippen MR) is 54.6 cm³/mol. The van der Waals surface area contributed by atoms with Crippen molar-refractivity contribution in [2.45, 2.75) is 11.4 Å². The van der Waals surface area contributed by atoms with Crippen molar-refractivity contribution < 1.29 is 8.42 Å². The van der Waals surface area contributed by atoms with Crippen LogP contribution in [-0.2, 0) is 16.4 Å². The Morgan fingerprint density at radius 1 is 1.36 bits per heavy atom. The van der Waals surface area contributed by atoms with Gasteiger partial charge >= 0.3 is 0 Å². The van der Waals surface area contributed by atoms with Crippen LogP contribution >= 0.6 is 0 Å². The number of anilines is 1. The second-order valence-electron chi connectivity index (χ2n) is 3.36. The summed E-state index contributed by atoms with van der Waals surface area (Å²) < 4.78 is 23.4.